The van der Waals surface area contributed by atoms with Crippen molar-refractivity contribution < 1.29 is 44.5 Å². The molecule has 0 spiro atoms. The quantitative estimate of drug-likeness (QED) is 0.384. The van der Waals surface area contributed by atoms with Gasteiger partial charge < -0.3 is 44.5 Å². The molecule has 2 aromatic carbocycles. The summed E-state index contributed by atoms with van der Waals surface area (Å²) in [7, 11) is 0. The molecule has 0 unspecified atom stereocenters. The Hall–Kier alpha value is -3.31. The molecule has 1 aliphatic heterocycles. The van der Waals surface area contributed by atoms with Crippen LogP contribution in [0.5, 0.6) is 23.0 Å². The fourth-order valence-electron chi connectivity index (χ4n) is 3.39. The standard InChI is InChI=1S/C21H20O10/c1-8-15(25)17(27)18(28)21(29-8)31-20-16(26)14-12(24)6-11(23)7-13(14)30-19(20)9-2-4-10(22)5-3-9/h2-8,15,17-18,21-25,27-28H,1H3/p-1/t8-,15-,17+,18+,21+/m0/s1. The maximum atomic E-state index is 13.2. The first-order chi connectivity index (χ1) is 14.7. The minimum Gasteiger partial charge on any atom is -0.872 e. The van der Waals surface area contributed by atoms with Crippen LogP contribution in [0.15, 0.2) is 45.6 Å². The Morgan fingerprint density at radius 3 is 2.32 bits per heavy atom. The highest BCUT2D eigenvalue weighted by atomic mass is 16.7. The Bertz CT molecular complexity index is 1170. The summed E-state index contributed by atoms with van der Waals surface area (Å²) in [6.45, 7) is 1.44. The molecule has 3 aromatic rings. The normalized spacial score (nSPS) is 26.1. The lowest BCUT2D eigenvalue weighted by Gasteiger charge is -2.38. The molecule has 10 nitrogen and oxygen atoms in total. The van der Waals surface area contributed by atoms with E-state index in [-0.39, 0.29) is 22.7 Å². The molecule has 2 heterocycles. The number of aromatic hydroxyl groups is 2. The summed E-state index contributed by atoms with van der Waals surface area (Å²) in [5.74, 6) is -1.90. The largest absolute Gasteiger partial charge is 0.872 e. The number of phenols is 2. The molecule has 31 heavy (non-hydrogen) atoms. The van der Waals surface area contributed by atoms with Crippen LogP contribution in [0.25, 0.3) is 22.3 Å². The van der Waals surface area contributed by atoms with Gasteiger partial charge in [-0.2, -0.15) is 0 Å². The van der Waals surface area contributed by atoms with Gasteiger partial charge in [-0.15, -0.1) is 0 Å². The summed E-state index contributed by atoms with van der Waals surface area (Å²) in [5.41, 5.74) is -0.806. The van der Waals surface area contributed by atoms with Gasteiger partial charge >= 0.3 is 0 Å². The van der Waals surface area contributed by atoms with E-state index in [0.29, 0.717) is 0 Å². The smallest absolute Gasteiger partial charge is 0.234 e. The molecule has 0 radical (unpaired) electrons. The molecule has 1 saturated heterocycles. The Kier molecular flexibility index (Phi) is 5.23. The maximum absolute atomic E-state index is 13.2. The third kappa shape index (κ3) is 3.66. The van der Waals surface area contributed by atoms with Crippen LogP contribution in [0, 0.1) is 0 Å². The molecular formula is C21H19O10-. The third-order valence-electron chi connectivity index (χ3n) is 5.07. The average Bonchev–Trinajstić information content (AvgIpc) is 2.72. The van der Waals surface area contributed by atoms with Crippen LogP contribution in [-0.2, 0) is 4.74 Å². The van der Waals surface area contributed by atoms with E-state index in [2.05, 4.69) is 0 Å². The van der Waals surface area contributed by atoms with Crippen molar-refractivity contribution in [2.45, 2.75) is 37.6 Å². The first-order valence-electron chi connectivity index (χ1n) is 9.34. The lowest BCUT2D eigenvalue weighted by Crippen LogP contribution is -2.58. The molecule has 5 atom stereocenters. The summed E-state index contributed by atoms with van der Waals surface area (Å²) in [6, 6.07) is 7.45. The highest BCUT2D eigenvalue weighted by molar-refractivity contribution is 5.88. The van der Waals surface area contributed by atoms with Crippen molar-refractivity contribution in [3.63, 3.8) is 0 Å². The first kappa shape index (κ1) is 20.9. The van der Waals surface area contributed by atoms with E-state index in [0.717, 1.165) is 12.1 Å². The summed E-state index contributed by atoms with van der Waals surface area (Å²) < 4.78 is 16.7. The van der Waals surface area contributed by atoms with Crippen LogP contribution in [0.1, 0.15) is 6.92 Å². The minimum atomic E-state index is -1.71. The van der Waals surface area contributed by atoms with Crippen molar-refractivity contribution in [1.29, 1.82) is 0 Å². The van der Waals surface area contributed by atoms with Gasteiger partial charge in [0, 0.05) is 11.6 Å². The van der Waals surface area contributed by atoms with E-state index in [9.17, 15) is 35.4 Å². The van der Waals surface area contributed by atoms with Crippen molar-refractivity contribution in [1.82, 2.24) is 0 Å². The zero-order chi connectivity index (χ0) is 22.4. The molecule has 1 fully saturated rings. The van der Waals surface area contributed by atoms with Gasteiger partial charge in [-0.3, -0.25) is 4.79 Å². The summed E-state index contributed by atoms with van der Waals surface area (Å²) >= 11 is 0. The molecule has 0 aliphatic carbocycles. The Morgan fingerprint density at radius 2 is 1.65 bits per heavy atom. The lowest BCUT2D eigenvalue weighted by atomic mass is 10.00. The number of aliphatic hydroxyl groups is 3. The van der Waals surface area contributed by atoms with Crippen LogP contribution in [-0.4, -0.2) is 56.2 Å². The average molecular weight is 431 g/mol. The molecule has 0 bridgehead atoms. The van der Waals surface area contributed by atoms with Crippen molar-refractivity contribution in [2.75, 3.05) is 0 Å². The molecule has 0 amide bonds. The highest BCUT2D eigenvalue weighted by Crippen LogP contribution is 2.36. The van der Waals surface area contributed by atoms with Crippen LogP contribution < -0.4 is 15.3 Å². The Morgan fingerprint density at radius 1 is 0.968 bits per heavy atom. The van der Waals surface area contributed by atoms with Crippen molar-refractivity contribution in [3.8, 4) is 34.3 Å². The molecule has 10 heteroatoms. The molecule has 4 rings (SSSR count). The second kappa shape index (κ2) is 7.75. The Balaban J connectivity index is 1.90. The van der Waals surface area contributed by atoms with Crippen molar-refractivity contribution in [3.05, 3.63) is 46.6 Å². The van der Waals surface area contributed by atoms with Gasteiger partial charge in [-0.05, 0) is 37.3 Å². The molecule has 164 valence electrons. The van der Waals surface area contributed by atoms with Crippen LogP contribution in [0.3, 0.4) is 0 Å². The third-order valence-corrected chi connectivity index (χ3v) is 5.07. The summed E-state index contributed by atoms with van der Waals surface area (Å²) in [6.07, 6.45) is -7.18. The van der Waals surface area contributed by atoms with E-state index < -0.39 is 58.8 Å². The van der Waals surface area contributed by atoms with Gasteiger partial charge in [-0.25, -0.2) is 0 Å². The van der Waals surface area contributed by atoms with E-state index in [4.69, 9.17) is 13.9 Å². The van der Waals surface area contributed by atoms with Crippen LogP contribution >= 0.6 is 0 Å². The predicted octanol–water partition coefficient (Wildman–Crippen LogP) is 0.151. The van der Waals surface area contributed by atoms with Crippen LogP contribution in [0.2, 0.25) is 0 Å². The molecule has 0 saturated carbocycles. The molecule has 1 aliphatic rings. The minimum absolute atomic E-state index is 0.0502. The predicted molar refractivity (Wildman–Crippen MR) is 104 cm³/mol. The topological polar surface area (TPSA) is 173 Å². The van der Waals surface area contributed by atoms with Crippen molar-refractivity contribution in [2.24, 2.45) is 0 Å². The summed E-state index contributed by atoms with van der Waals surface area (Å²) in [5, 5.41) is 61.3. The van der Waals surface area contributed by atoms with Gasteiger partial charge in [0.15, 0.2) is 5.76 Å². The fraction of sp³-hybridized carbons (Fsp3) is 0.286. The lowest BCUT2D eigenvalue weighted by molar-refractivity contribution is -0.268. The number of fused-ring (bicyclic) bond motifs is 1. The van der Waals surface area contributed by atoms with Gasteiger partial charge in [-0.1, -0.05) is 5.75 Å². The number of ether oxygens (including phenoxy) is 2. The maximum Gasteiger partial charge on any atom is 0.234 e. The van der Waals surface area contributed by atoms with Gasteiger partial charge in [0.1, 0.15) is 35.4 Å². The van der Waals surface area contributed by atoms with E-state index in [1.165, 1.54) is 31.2 Å². The zero-order valence-corrected chi connectivity index (χ0v) is 16.1. The van der Waals surface area contributed by atoms with Crippen LogP contribution in [0.4, 0.5) is 0 Å². The number of phenolic OH excluding ortho intramolecular Hbond substituents is 2. The number of benzene rings is 2. The number of hydrogen-bond acceptors (Lipinski definition) is 10. The second-order valence-corrected chi connectivity index (χ2v) is 7.25. The highest BCUT2D eigenvalue weighted by Gasteiger charge is 2.43. The van der Waals surface area contributed by atoms with Gasteiger partial charge in [0.25, 0.3) is 0 Å². The fourth-order valence-corrected chi connectivity index (χ4v) is 3.39. The second-order valence-electron chi connectivity index (χ2n) is 7.25. The Labute approximate surface area is 174 Å². The number of rotatable bonds is 3. The van der Waals surface area contributed by atoms with E-state index >= 15 is 0 Å². The van der Waals surface area contributed by atoms with E-state index in [1.807, 2.05) is 0 Å². The zero-order valence-electron chi connectivity index (χ0n) is 16.1. The van der Waals surface area contributed by atoms with Gasteiger partial charge in [0.2, 0.25) is 17.5 Å². The number of hydrogen-bond donors (Lipinski definition) is 5. The molecule has 5 N–H and O–H groups in total. The van der Waals surface area contributed by atoms with Crippen molar-refractivity contribution >= 4 is 11.0 Å². The SMILES string of the molecule is C[C@@H]1O[C@H](Oc2c(-c3ccc(O)cc3)oc3cc(O)cc([O-])c3c2=O)[C@H](O)[C@H](O)[C@H]1O. The van der Waals surface area contributed by atoms with E-state index in [1.54, 1.807) is 0 Å². The van der Waals surface area contributed by atoms with Gasteiger partial charge in [0.05, 0.1) is 11.5 Å². The monoisotopic (exact) mass is 431 g/mol. The molecule has 1 aromatic heterocycles. The first-order valence-corrected chi connectivity index (χ1v) is 9.34. The summed E-state index contributed by atoms with van der Waals surface area (Å²) in [4.78, 5) is 13.2. The number of aliphatic hydroxyl groups excluding tert-OH is 3. The molecular weight excluding hydrogens is 412 g/mol.